The summed E-state index contributed by atoms with van der Waals surface area (Å²) in [7, 11) is 1.67. The average Bonchev–Trinajstić information content (AvgIpc) is 3.39. The molecule has 136 valence electrons. The molecule has 4 rings (SSSR count). The maximum atomic E-state index is 12.6. The van der Waals surface area contributed by atoms with Gasteiger partial charge in [0.15, 0.2) is 5.82 Å². The summed E-state index contributed by atoms with van der Waals surface area (Å²) in [6.45, 7) is 2.08. The first-order chi connectivity index (χ1) is 12.7. The highest BCUT2D eigenvalue weighted by Crippen LogP contribution is 2.26. The number of anilines is 1. The fourth-order valence-corrected chi connectivity index (χ4v) is 3.15. The zero-order chi connectivity index (χ0) is 17.9. The van der Waals surface area contributed by atoms with Crippen molar-refractivity contribution in [2.45, 2.75) is 25.5 Å². The smallest absolute Gasteiger partial charge is 0.258 e. The van der Waals surface area contributed by atoms with E-state index in [4.69, 9.17) is 9.47 Å². The summed E-state index contributed by atoms with van der Waals surface area (Å²) in [6.07, 6.45) is 3.86. The summed E-state index contributed by atoms with van der Waals surface area (Å²) < 4.78 is 12.8. The second-order valence-electron chi connectivity index (χ2n) is 6.28. The van der Waals surface area contributed by atoms with Gasteiger partial charge in [-0.3, -0.25) is 15.2 Å². The van der Waals surface area contributed by atoms with Gasteiger partial charge < -0.3 is 14.0 Å². The highest BCUT2D eigenvalue weighted by Gasteiger charge is 2.22. The van der Waals surface area contributed by atoms with Crippen LogP contribution in [0.15, 0.2) is 30.5 Å². The lowest BCUT2D eigenvalue weighted by molar-refractivity contribution is 0.102. The van der Waals surface area contributed by atoms with Crippen molar-refractivity contribution < 1.29 is 14.3 Å². The van der Waals surface area contributed by atoms with Crippen LogP contribution in [0.5, 0.6) is 0 Å². The molecular formula is C18H21N5O3. The first-order valence-corrected chi connectivity index (χ1v) is 8.67. The van der Waals surface area contributed by atoms with E-state index in [1.807, 2.05) is 24.4 Å². The normalized spacial score (nSPS) is 17.0. The number of rotatable bonds is 6. The largest absolute Gasteiger partial charge is 0.383 e. The molecule has 0 spiro atoms. The number of amides is 1. The van der Waals surface area contributed by atoms with Crippen LogP contribution < -0.4 is 5.32 Å². The molecule has 3 aromatic rings. The van der Waals surface area contributed by atoms with Gasteiger partial charge in [0.25, 0.3) is 5.91 Å². The number of nitrogens with one attached hydrogen (secondary N) is 2. The molecule has 3 heterocycles. The number of aromatic amines is 1. The first-order valence-electron chi connectivity index (χ1n) is 8.67. The van der Waals surface area contributed by atoms with Gasteiger partial charge in [-0.15, -0.1) is 5.10 Å². The predicted octanol–water partition coefficient (Wildman–Crippen LogP) is 2.51. The van der Waals surface area contributed by atoms with Crippen LogP contribution in [0.25, 0.3) is 10.9 Å². The van der Waals surface area contributed by atoms with Gasteiger partial charge in [0.1, 0.15) is 6.10 Å². The topological polar surface area (TPSA) is 94.1 Å². The Labute approximate surface area is 150 Å². The number of methoxy groups -OCH3 is 1. The predicted molar refractivity (Wildman–Crippen MR) is 96.1 cm³/mol. The minimum absolute atomic E-state index is 0.0615. The van der Waals surface area contributed by atoms with Gasteiger partial charge in [0, 0.05) is 37.5 Å². The number of fused-ring (bicyclic) bond motifs is 1. The second kappa shape index (κ2) is 7.27. The highest BCUT2D eigenvalue weighted by atomic mass is 16.5. The van der Waals surface area contributed by atoms with Gasteiger partial charge >= 0.3 is 0 Å². The van der Waals surface area contributed by atoms with Crippen LogP contribution in [0.4, 0.5) is 5.95 Å². The first kappa shape index (κ1) is 16.7. The van der Waals surface area contributed by atoms with Crippen molar-refractivity contribution in [1.29, 1.82) is 0 Å². The fourth-order valence-electron chi connectivity index (χ4n) is 3.15. The molecule has 0 bridgehead atoms. The molecule has 1 aliphatic rings. The van der Waals surface area contributed by atoms with Crippen molar-refractivity contribution in [2.24, 2.45) is 0 Å². The van der Waals surface area contributed by atoms with Crippen LogP contribution in [0, 0.1) is 0 Å². The van der Waals surface area contributed by atoms with Gasteiger partial charge in [0.05, 0.1) is 6.61 Å². The standard InChI is InChI=1S/C18H21N5O3/c1-25-10-8-23-7-6-12-4-5-13(11-14(12)23)17(24)20-18-19-16(21-22-18)15-3-2-9-26-15/h4-7,11,15H,2-3,8-10H2,1H3,(H2,19,20,21,22,24)/t15-/m1/s1. The Morgan fingerprint density at radius 3 is 3.19 bits per heavy atom. The Morgan fingerprint density at radius 2 is 2.38 bits per heavy atom. The van der Waals surface area contributed by atoms with E-state index in [2.05, 4.69) is 25.1 Å². The molecular weight excluding hydrogens is 334 g/mol. The Bertz CT molecular complexity index is 911. The lowest BCUT2D eigenvalue weighted by Gasteiger charge is -2.06. The summed E-state index contributed by atoms with van der Waals surface area (Å²) in [5.41, 5.74) is 1.54. The summed E-state index contributed by atoms with van der Waals surface area (Å²) in [5, 5.41) is 10.7. The lowest BCUT2D eigenvalue weighted by atomic mass is 10.1. The minimum Gasteiger partial charge on any atom is -0.383 e. The van der Waals surface area contributed by atoms with E-state index in [9.17, 15) is 4.79 Å². The fraction of sp³-hybridized carbons (Fsp3) is 0.389. The average molecular weight is 355 g/mol. The van der Waals surface area contributed by atoms with Crippen LogP contribution in [-0.2, 0) is 16.0 Å². The van der Waals surface area contributed by atoms with E-state index < -0.39 is 0 Å². The Kier molecular flexibility index (Phi) is 4.68. The monoisotopic (exact) mass is 355 g/mol. The third-order valence-corrected chi connectivity index (χ3v) is 4.54. The zero-order valence-electron chi connectivity index (χ0n) is 14.6. The summed E-state index contributed by atoms with van der Waals surface area (Å²) in [5.74, 6) is 0.668. The molecule has 1 aliphatic heterocycles. The number of carbonyl (C=O) groups is 1. The van der Waals surface area contributed by atoms with Crippen LogP contribution in [0.2, 0.25) is 0 Å². The molecule has 2 N–H and O–H groups in total. The molecule has 1 fully saturated rings. The Hall–Kier alpha value is -2.71. The number of nitrogens with zero attached hydrogens (tertiary/aromatic N) is 3. The molecule has 1 amide bonds. The maximum Gasteiger partial charge on any atom is 0.258 e. The summed E-state index contributed by atoms with van der Waals surface area (Å²) in [4.78, 5) is 16.9. The Morgan fingerprint density at radius 1 is 1.46 bits per heavy atom. The number of ether oxygens (including phenoxy) is 2. The molecule has 0 aliphatic carbocycles. The second-order valence-corrected chi connectivity index (χ2v) is 6.28. The van der Waals surface area contributed by atoms with Crippen molar-refractivity contribution in [3.05, 3.63) is 41.9 Å². The summed E-state index contributed by atoms with van der Waals surface area (Å²) >= 11 is 0. The van der Waals surface area contributed by atoms with Crippen molar-refractivity contribution in [3.8, 4) is 0 Å². The maximum absolute atomic E-state index is 12.6. The quantitative estimate of drug-likeness (QED) is 0.708. The highest BCUT2D eigenvalue weighted by molar-refractivity contribution is 6.05. The molecule has 8 nitrogen and oxygen atoms in total. The number of benzene rings is 1. The molecule has 1 saturated heterocycles. The number of H-pyrrole nitrogens is 1. The summed E-state index contributed by atoms with van der Waals surface area (Å²) in [6, 6.07) is 7.62. The van der Waals surface area contributed by atoms with Crippen molar-refractivity contribution in [3.63, 3.8) is 0 Å². The van der Waals surface area contributed by atoms with Crippen LogP contribution in [0.1, 0.15) is 35.1 Å². The number of carbonyl (C=O) groups excluding carboxylic acids is 1. The molecule has 0 saturated carbocycles. The van der Waals surface area contributed by atoms with E-state index in [1.165, 1.54) is 0 Å². The van der Waals surface area contributed by atoms with E-state index >= 15 is 0 Å². The zero-order valence-corrected chi connectivity index (χ0v) is 14.6. The van der Waals surface area contributed by atoms with E-state index in [0.29, 0.717) is 18.0 Å². The Balaban J connectivity index is 1.50. The van der Waals surface area contributed by atoms with Crippen molar-refractivity contribution in [1.82, 2.24) is 19.7 Å². The van der Waals surface area contributed by atoms with Gasteiger partial charge in [-0.2, -0.15) is 4.98 Å². The van der Waals surface area contributed by atoms with Gasteiger partial charge in [-0.25, -0.2) is 0 Å². The van der Waals surface area contributed by atoms with Gasteiger partial charge in [-0.05, 0) is 36.4 Å². The molecule has 8 heteroatoms. The molecule has 0 unspecified atom stereocenters. The third-order valence-electron chi connectivity index (χ3n) is 4.54. The van der Waals surface area contributed by atoms with Crippen molar-refractivity contribution in [2.75, 3.05) is 25.6 Å². The van der Waals surface area contributed by atoms with Crippen LogP contribution >= 0.6 is 0 Å². The SMILES string of the molecule is COCCn1ccc2ccc(C(=O)Nc3n[nH]c([C@H]4CCCO4)n3)cc21. The van der Waals surface area contributed by atoms with Crippen LogP contribution in [0.3, 0.4) is 0 Å². The van der Waals surface area contributed by atoms with E-state index in [0.717, 1.165) is 36.9 Å². The number of aromatic nitrogens is 4. The lowest BCUT2D eigenvalue weighted by Crippen LogP contribution is -2.13. The molecule has 26 heavy (non-hydrogen) atoms. The van der Waals surface area contributed by atoms with Crippen molar-refractivity contribution >= 4 is 22.8 Å². The number of hydrogen-bond donors (Lipinski definition) is 2. The van der Waals surface area contributed by atoms with E-state index in [1.54, 1.807) is 13.2 Å². The van der Waals surface area contributed by atoms with Crippen LogP contribution in [-0.4, -0.2) is 46.0 Å². The molecule has 0 radical (unpaired) electrons. The third kappa shape index (κ3) is 3.33. The minimum atomic E-state index is -0.246. The molecule has 1 aromatic carbocycles. The van der Waals surface area contributed by atoms with E-state index in [-0.39, 0.29) is 18.0 Å². The number of hydrogen-bond acceptors (Lipinski definition) is 5. The molecule has 1 atom stereocenters. The molecule has 2 aromatic heterocycles. The van der Waals surface area contributed by atoms with Gasteiger partial charge in [0.2, 0.25) is 5.95 Å². The van der Waals surface area contributed by atoms with Gasteiger partial charge in [-0.1, -0.05) is 6.07 Å².